The topological polar surface area (TPSA) is 61.6 Å². The van der Waals surface area contributed by atoms with Crippen LogP contribution in [0.25, 0.3) is 0 Å². The van der Waals surface area contributed by atoms with Gasteiger partial charge < -0.3 is 5.32 Å². The highest BCUT2D eigenvalue weighted by atomic mass is 32.1. The summed E-state index contributed by atoms with van der Waals surface area (Å²) in [4.78, 5) is 8.89. The Balaban J connectivity index is 2.18. The summed E-state index contributed by atoms with van der Waals surface area (Å²) in [6, 6.07) is 5.68. The Bertz CT molecular complexity index is 634. The maximum atomic E-state index is 9.07. The molecule has 5 heteroatoms. The highest BCUT2D eigenvalue weighted by molar-refractivity contribution is 7.09. The van der Waals surface area contributed by atoms with Crippen molar-refractivity contribution < 1.29 is 0 Å². The van der Waals surface area contributed by atoms with E-state index in [9.17, 15) is 0 Å². The molecule has 0 aliphatic heterocycles. The van der Waals surface area contributed by atoms with Gasteiger partial charge in [-0.2, -0.15) is 5.26 Å². The Hall–Kier alpha value is -1.93. The summed E-state index contributed by atoms with van der Waals surface area (Å²) >= 11 is 1.63. The Labute approximate surface area is 123 Å². The number of nitriles is 1. The summed E-state index contributed by atoms with van der Waals surface area (Å²) in [5.41, 5.74) is 1.69. The van der Waals surface area contributed by atoms with E-state index >= 15 is 0 Å². The first-order chi connectivity index (χ1) is 9.41. The smallest absolute Gasteiger partial charge is 0.144 e. The van der Waals surface area contributed by atoms with E-state index in [1.165, 1.54) is 0 Å². The maximum absolute atomic E-state index is 9.07. The largest absolute Gasteiger partial charge is 0.360 e. The minimum Gasteiger partial charge on any atom is -0.360 e. The van der Waals surface area contributed by atoms with Crippen LogP contribution in [0.3, 0.4) is 0 Å². The van der Waals surface area contributed by atoms with Crippen LogP contribution in [-0.4, -0.2) is 9.97 Å². The highest BCUT2D eigenvalue weighted by Crippen LogP contribution is 2.28. The van der Waals surface area contributed by atoms with Gasteiger partial charge in [-0.15, -0.1) is 11.3 Å². The lowest BCUT2D eigenvalue weighted by molar-refractivity contribution is 0.569. The molecule has 104 valence electrons. The summed E-state index contributed by atoms with van der Waals surface area (Å²) < 4.78 is 0. The van der Waals surface area contributed by atoms with Crippen molar-refractivity contribution in [3.63, 3.8) is 0 Å². The Morgan fingerprint density at radius 2 is 2.15 bits per heavy atom. The van der Waals surface area contributed by atoms with E-state index in [1.807, 2.05) is 6.92 Å². The molecule has 2 aromatic heterocycles. The summed E-state index contributed by atoms with van der Waals surface area (Å²) in [6.07, 6.45) is 1.68. The second-order valence-corrected chi connectivity index (χ2v) is 6.59. The zero-order valence-electron chi connectivity index (χ0n) is 12.1. The van der Waals surface area contributed by atoms with Gasteiger partial charge in [0.1, 0.15) is 16.9 Å². The van der Waals surface area contributed by atoms with E-state index in [2.05, 4.69) is 47.5 Å². The number of pyridine rings is 1. The zero-order valence-corrected chi connectivity index (χ0v) is 13.0. The van der Waals surface area contributed by atoms with Crippen molar-refractivity contribution in [1.29, 1.82) is 5.26 Å². The number of thiazole rings is 1. The zero-order chi connectivity index (χ0) is 14.8. The third kappa shape index (κ3) is 3.14. The molecule has 2 aromatic rings. The second-order valence-electron chi connectivity index (χ2n) is 5.70. The molecule has 0 fully saturated rings. The molecular weight excluding hydrogens is 268 g/mol. The van der Waals surface area contributed by atoms with E-state index in [0.717, 1.165) is 10.7 Å². The summed E-state index contributed by atoms with van der Waals surface area (Å²) in [5, 5.41) is 15.4. The molecule has 20 heavy (non-hydrogen) atoms. The van der Waals surface area contributed by atoms with Gasteiger partial charge in [0.2, 0.25) is 0 Å². The molecule has 2 rings (SSSR count). The SMILES string of the molecule is CC(Nc1ncccc1C#N)c1nc(C(C)(C)C)cs1. The lowest BCUT2D eigenvalue weighted by Crippen LogP contribution is -2.13. The van der Waals surface area contributed by atoms with Gasteiger partial charge in [-0.25, -0.2) is 9.97 Å². The van der Waals surface area contributed by atoms with Gasteiger partial charge in [0.15, 0.2) is 0 Å². The van der Waals surface area contributed by atoms with Crippen molar-refractivity contribution in [2.45, 2.75) is 39.2 Å². The number of anilines is 1. The number of hydrogen-bond acceptors (Lipinski definition) is 5. The average molecular weight is 286 g/mol. The number of nitrogens with zero attached hydrogens (tertiary/aromatic N) is 3. The van der Waals surface area contributed by atoms with Crippen LogP contribution in [0.2, 0.25) is 0 Å². The first-order valence-corrected chi connectivity index (χ1v) is 7.37. The van der Waals surface area contributed by atoms with Gasteiger partial charge in [-0.3, -0.25) is 0 Å². The normalized spacial score (nSPS) is 12.8. The minimum atomic E-state index is 0.0260. The van der Waals surface area contributed by atoms with E-state index in [4.69, 9.17) is 5.26 Å². The van der Waals surface area contributed by atoms with Gasteiger partial charge >= 0.3 is 0 Å². The lowest BCUT2D eigenvalue weighted by Gasteiger charge is -2.15. The predicted octanol–water partition coefficient (Wildman–Crippen LogP) is 3.88. The number of rotatable bonds is 3. The second kappa shape index (κ2) is 5.59. The molecule has 0 bridgehead atoms. The van der Waals surface area contributed by atoms with Crippen molar-refractivity contribution >= 4 is 17.2 Å². The van der Waals surface area contributed by atoms with Crippen LogP contribution < -0.4 is 5.32 Å². The number of hydrogen-bond donors (Lipinski definition) is 1. The first kappa shape index (κ1) is 14.5. The average Bonchev–Trinajstić information content (AvgIpc) is 2.89. The molecule has 1 atom stereocenters. The molecule has 0 spiro atoms. The van der Waals surface area contributed by atoms with E-state index < -0.39 is 0 Å². The Morgan fingerprint density at radius 3 is 2.75 bits per heavy atom. The quantitative estimate of drug-likeness (QED) is 0.930. The third-order valence-electron chi connectivity index (χ3n) is 2.94. The molecule has 4 nitrogen and oxygen atoms in total. The van der Waals surface area contributed by atoms with Crippen LogP contribution in [-0.2, 0) is 5.41 Å². The molecule has 0 saturated heterocycles. The Morgan fingerprint density at radius 1 is 1.40 bits per heavy atom. The van der Waals surface area contributed by atoms with Gasteiger partial charge in [-0.05, 0) is 19.1 Å². The van der Waals surface area contributed by atoms with Crippen LogP contribution in [0.1, 0.15) is 50.0 Å². The fourth-order valence-electron chi connectivity index (χ4n) is 1.71. The predicted molar refractivity (Wildman–Crippen MR) is 81.8 cm³/mol. The van der Waals surface area contributed by atoms with E-state index in [-0.39, 0.29) is 11.5 Å². The third-order valence-corrected chi connectivity index (χ3v) is 3.97. The van der Waals surface area contributed by atoms with Crippen LogP contribution in [0.4, 0.5) is 5.82 Å². The molecule has 1 unspecified atom stereocenters. The standard InChI is InChI=1S/C15H18N4S/c1-10(14-19-12(9-20-14)15(2,3)4)18-13-11(8-16)6-5-7-17-13/h5-7,9-10H,1-4H3,(H,17,18). The highest BCUT2D eigenvalue weighted by Gasteiger charge is 2.20. The van der Waals surface area contributed by atoms with Gasteiger partial charge in [-0.1, -0.05) is 20.8 Å². The summed E-state index contributed by atoms with van der Waals surface area (Å²) in [5.74, 6) is 0.606. The molecule has 0 aromatic carbocycles. The molecule has 0 saturated carbocycles. The van der Waals surface area contributed by atoms with Crippen LogP contribution in [0, 0.1) is 11.3 Å². The van der Waals surface area contributed by atoms with E-state index in [0.29, 0.717) is 11.4 Å². The van der Waals surface area contributed by atoms with Crippen LogP contribution >= 0.6 is 11.3 Å². The molecule has 2 heterocycles. The molecule has 0 aliphatic rings. The first-order valence-electron chi connectivity index (χ1n) is 6.49. The van der Waals surface area contributed by atoms with Crippen molar-refractivity contribution in [3.8, 4) is 6.07 Å². The molecule has 0 radical (unpaired) electrons. The maximum Gasteiger partial charge on any atom is 0.144 e. The van der Waals surface area contributed by atoms with Crippen LogP contribution in [0.5, 0.6) is 0 Å². The van der Waals surface area contributed by atoms with Crippen molar-refractivity contribution in [1.82, 2.24) is 9.97 Å². The molecule has 0 aliphatic carbocycles. The van der Waals surface area contributed by atoms with Gasteiger partial charge in [0, 0.05) is 17.0 Å². The monoisotopic (exact) mass is 286 g/mol. The fraction of sp³-hybridized carbons (Fsp3) is 0.400. The molecule has 1 N–H and O–H groups in total. The summed E-state index contributed by atoms with van der Waals surface area (Å²) in [7, 11) is 0. The van der Waals surface area contributed by atoms with Gasteiger partial charge in [0.05, 0.1) is 17.3 Å². The number of nitrogens with one attached hydrogen (secondary N) is 1. The van der Waals surface area contributed by atoms with Crippen molar-refractivity contribution in [2.75, 3.05) is 5.32 Å². The van der Waals surface area contributed by atoms with Crippen LogP contribution in [0.15, 0.2) is 23.7 Å². The lowest BCUT2D eigenvalue weighted by atomic mass is 9.93. The fourth-order valence-corrected chi connectivity index (χ4v) is 2.76. The van der Waals surface area contributed by atoms with Crippen molar-refractivity contribution in [3.05, 3.63) is 40.0 Å². The van der Waals surface area contributed by atoms with Crippen molar-refractivity contribution in [2.24, 2.45) is 0 Å². The summed E-state index contributed by atoms with van der Waals surface area (Å²) in [6.45, 7) is 8.48. The molecular formula is C15H18N4S. The van der Waals surface area contributed by atoms with E-state index in [1.54, 1.807) is 29.7 Å². The number of aromatic nitrogens is 2. The Kier molecular flexibility index (Phi) is 4.05. The van der Waals surface area contributed by atoms with Gasteiger partial charge in [0.25, 0.3) is 0 Å². The molecule has 0 amide bonds. The minimum absolute atomic E-state index is 0.0260.